The van der Waals surface area contributed by atoms with E-state index < -0.39 is 29.9 Å². The van der Waals surface area contributed by atoms with Crippen molar-refractivity contribution >= 4 is 0 Å². The molecule has 0 rings (SSSR count). The van der Waals surface area contributed by atoms with Gasteiger partial charge >= 0.3 is 18.0 Å². The SMILES string of the molecule is FN(F)CC(F)(F)C(F)(F)C(F)(F)F. The largest absolute Gasteiger partial charge is 0.459 e. The summed E-state index contributed by atoms with van der Waals surface area (Å²) in [6.07, 6.45) is -6.58. The van der Waals surface area contributed by atoms with Crippen LogP contribution in [0.15, 0.2) is 0 Å². The van der Waals surface area contributed by atoms with Crippen LogP contribution < -0.4 is 0 Å². The summed E-state index contributed by atoms with van der Waals surface area (Å²) in [4.78, 5) is 0. The first-order chi connectivity index (χ1) is 5.92. The van der Waals surface area contributed by atoms with E-state index >= 15 is 0 Å². The van der Waals surface area contributed by atoms with Gasteiger partial charge in [0.25, 0.3) is 0 Å². The van der Waals surface area contributed by atoms with Gasteiger partial charge in [0.1, 0.15) is 6.54 Å². The Morgan fingerprint density at radius 1 is 0.786 bits per heavy atom. The van der Waals surface area contributed by atoms with Gasteiger partial charge in [0, 0.05) is 5.34 Å². The van der Waals surface area contributed by atoms with Crippen LogP contribution in [-0.4, -0.2) is 29.9 Å². The highest BCUT2D eigenvalue weighted by Crippen LogP contribution is 2.46. The van der Waals surface area contributed by atoms with Crippen LogP contribution in [0.25, 0.3) is 0 Å². The quantitative estimate of drug-likeness (QED) is 0.537. The van der Waals surface area contributed by atoms with Crippen molar-refractivity contribution in [2.45, 2.75) is 18.0 Å². The molecule has 0 aliphatic rings. The fourth-order valence-corrected chi connectivity index (χ4v) is 0.457. The molecule has 0 unspecified atom stereocenters. The van der Waals surface area contributed by atoms with Gasteiger partial charge in [0.15, 0.2) is 0 Å². The first-order valence-electron chi connectivity index (χ1n) is 2.83. The molecule has 0 heterocycles. The minimum Gasteiger partial charge on any atom is -0.198 e. The van der Waals surface area contributed by atoms with E-state index in [0.29, 0.717) is 0 Å². The second-order valence-electron chi connectivity index (χ2n) is 2.24. The van der Waals surface area contributed by atoms with Crippen molar-refractivity contribution < 1.29 is 39.7 Å². The van der Waals surface area contributed by atoms with Crippen LogP contribution in [0.2, 0.25) is 0 Å². The fourth-order valence-electron chi connectivity index (χ4n) is 0.457. The topological polar surface area (TPSA) is 3.24 Å². The van der Waals surface area contributed by atoms with Crippen LogP contribution in [0, 0.1) is 0 Å². The lowest BCUT2D eigenvalue weighted by atomic mass is 10.1. The van der Waals surface area contributed by atoms with Gasteiger partial charge in [-0.3, -0.25) is 0 Å². The van der Waals surface area contributed by atoms with Gasteiger partial charge in [-0.25, -0.2) is 0 Å². The van der Waals surface area contributed by atoms with Gasteiger partial charge in [0.05, 0.1) is 0 Å². The average Bonchev–Trinajstić information content (AvgIpc) is 1.80. The average molecular weight is 235 g/mol. The summed E-state index contributed by atoms with van der Waals surface area (Å²) in [5, 5.41) is -2.44. The molecule has 14 heavy (non-hydrogen) atoms. The van der Waals surface area contributed by atoms with E-state index in [1.165, 1.54) is 0 Å². The van der Waals surface area contributed by atoms with Gasteiger partial charge < -0.3 is 0 Å². The molecule has 0 spiro atoms. The third-order valence-corrected chi connectivity index (χ3v) is 1.13. The Bertz CT molecular complexity index is 193. The highest BCUT2D eigenvalue weighted by molar-refractivity contribution is 4.91. The van der Waals surface area contributed by atoms with Gasteiger partial charge in [-0.15, -0.1) is 8.96 Å². The second kappa shape index (κ2) is 3.48. The van der Waals surface area contributed by atoms with E-state index in [9.17, 15) is 39.7 Å². The van der Waals surface area contributed by atoms with E-state index in [2.05, 4.69) is 0 Å². The normalized spacial score (nSPS) is 15.0. The molecule has 86 valence electrons. The summed E-state index contributed by atoms with van der Waals surface area (Å²) in [5.74, 6) is -12.4. The Morgan fingerprint density at radius 2 is 1.14 bits per heavy atom. The standard InChI is InChI=1S/C4H2F9N/c5-2(6,1-14(12)13)3(7,8)4(9,10)11/h1H2. The summed E-state index contributed by atoms with van der Waals surface area (Å²) in [7, 11) is 0. The molecule has 0 aromatic heterocycles. The van der Waals surface area contributed by atoms with Crippen molar-refractivity contribution in [3.05, 3.63) is 0 Å². The molecule has 1 nitrogen and oxygen atoms in total. The van der Waals surface area contributed by atoms with Gasteiger partial charge in [-0.05, 0) is 0 Å². The molecule has 0 aromatic rings. The lowest BCUT2D eigenvalue weighted by molar-refractivity contribution is -0.367. The van der Waals surface area contributed by atoms with Crippen molar-refractivity contribution in [2.75, 3.05) is 6.54 Å². The zero-order valence-electron chi connectivity index (χ0n) is 6.06. The minimum absolute atomic E-state index is 2.44. The van der Waals surface area contributed by atoms with Crippen molar-refractivity contribution in [3.63, 3.8) is 0 Å². The van der Waals surface area contributed by atoms with Gasteiger partial charge in [0.2, 0.25) is 0 Å². The van der Waals surface area contributed by atoms with Crippen LogP contribution in [0.1, 0.15) is 0 Å². The summed E-state index contributed by atoms with van der Waals surface area (Å²) < 4.78 is 104. The Balaban J connectivity index is 4.88. The van der Waals surface area contributed by atoms with E-state index in [1.807, 2.05) is 0 Å². The molecular formula is C4H2F9N. The number of rotatable bonds is 3. The molecule has 0 bridgehead atoms. The maximum absolute atomic E-state index is 12.0. The van der Waals surface area contributed by atoms with Crippen molar-refractivity contribution in [2.24, 2.45) is 0 Å². The summed E-state index contributed by atoms with van der Waals surface area (Å²) in [5.41, 5.74) is 0. The van der Waals surface area contributed by atoms with Crippen LogP contribution in [0.3, 0.4) is 0 Å². The van der Waals surface area contributed by atoms with E-state index in [4.69, 9.17) is 0 Å². The first kappa shape index (κ1) is 13.3. The van der Waals surface area contributed by atoms with Crippen molar-refractivity contribution in [1.82, 2.24) is 5.34 Å². The number of hydrogen-bond acceptors (Lipinski definition) is 1. The third-order valence-electron chi connectivity index (χ3n) is 1.13. The van der Waals surface area contributed by atoms with Crippen LogP contribution in [0.5, 0.6) is 0 Å². The van der Waals surface area contributed by atoms with Crippen LogP contribution >= 0.6 is 0 Å². The van der Waals surface area contributed by atoms with Gasteiger partial charge in [-0.2, -0.15) is 30.7 Å². The Morgan fingerprint density at radius 3 is 1.36 bits per heavy atom. The second-order valence-corrected chi connectivity index (χ2v) is 2.24. The lowest BCUT2D eigenvalue weighted by Gasteiger charge is -2.27. The fraction of sp³-hybridized carbons (Fsp3) is 1.00. The Hall–Kier alpha value is -0.670. The highest BCUT2D eigenvalue weighted by Gasteiger charge is 2.73. The molecule has 0 saturated carbocycles. The lowest BCUT2D eigenvalue weighted by Crippen LogP contribution is -2.55. The Labute approximate surface area is 71.0 Å². The number of halogens is 9. The molecule has 0 aromatic carbocycles. The maximum Gasteiger partial charge on any atom is 0.459 e. The van der Waals surface area contributed by atoms with E-state index in [0.717, 1.165) is 0 Å². The molecule has 0 fully saturated rings. The molecule has 0 radical (unpaired) electrons. The third kappa shape index (κ3) is 2.42. The zero-order chi connectivity index (χ0) is 11.8. The molecule has 0 saturated heterocycles. The molecule has 0 aliphatic carbocycles. The highest BCUT2D eigenvalue weighted by atomic mass is 19.4. The Kier molecular flexibility index (Phi) is 3.31. The molecular weight excluding hydrogens is 233 g/mol. The molecule has 0 atom stereocenters. The van der Waals surface area contributed by atoms with E-state index in [-0.39, 0.29) is 0 Å². The maximum atomic E-state index is 12.0. The molecule has 0 aliphatic heterocycles. The predicted molar refractivity (Wildman–Crippen MR) is 24.9 cm³/mol. The smallest absolute Gasteiger partial charge is 0.198 e. The molecule has 0 N–H and O–H groups in total. The monoisotopic (exact) mass is 235 g/mol. The predicted octanol–water partition coefficient (Wildman–Crippen LogP) is 2.89. The van der Waals surface area contributed by atoms with Crippen LogP contribution in [-0.2, 0) is 0 Å². The number of nitrogens with zero attached hydrogens (tertiary/aromatic N) is 1. The van der Waals surface area contributed by atoms with Crippen molar-refractivity contribution in [1.29, 1.82) is 0 Å². The number of alkyl halides is 7. The van der Waals surface area contributed by atoms with Crippen molar-refractivity contribution in [3.8, 4) is 0 Å². The van der Waals surface area contributed by atoms with E-state index in [1.54, 1.807) is 0 Å². The summed E-state index contributed by atoms with van der Waals surface area (Å²) in [6, 6.07) is 0. The molecule has 0 amide bonds. The minimum atomic E-state index is -6.58. The van der Waals surface area contributed by atoms with Crippen LogP contribution in [0.4, 0.5) is 39.7 Å². The molecule has 10 heteroatoms. The summed E-state index contributed by atoms with van der Waals surface area (Å²) >= 11 is 0. The first-order valence-corrected chi connectivity index (χ1v) is 2.83. The van der Waals surface area contributed by atoms with Gasteiger partial charge in [-0.1, -0.05) is 0 Å². The number of hydrogen-bond donors (Lipinski definition) is 0. The summed E-state index contributed by atoms with van der Waals surface area (Å²) in [6.45, 7) is -3.00. The zero-order valence-corrected chi connectivity index (χ0v) is 6.06.